The molecule has 1 heterocycles. The largest absolute Gasteiger partial charge is 0.372 e. The maximum absolute atomic E-state index is 12.9. The second-order valence-electron chi connectivity index (χ2n) is 7.95. The lowest BCUT2D eigenvalue weighted by atomic mass is 9.98. The molecule has 2 aromatic carbocycles. The summed E-state index contributed by atoms with van der Waals surface area (Å²) in [5.74, 6) is -0.621. The molecule has 0 bridgehead atoms. The summed E-state index contributed by atoms with van der Waals surface area (Å²) < 4.78 is 5.22. The average molecular weight is 434 g/mol. The Labute approximate surface area is 186 Å². The Morgan fingerprint density at radius 3 is 2.84 bits per heavy atom. The molecule has 1 atom stereocenters. The van der Waals surface area contributed by atoms with Crippen LogP contribution in [0.1, 0.15) is 53.7 Å². The second-order valence-corrected chi connectivity index (χ2v) is 7.95. The van der Waals surface area contributed by atoms with E-state index in [-0.39, 0.29) is 29.5 Å². The molecule has 166 valence electrons. The number of ether oxygens (including phenoxy) is 1. The van der Waals surface area contributed by atoms with Crippen LogP contribution in [0.4, 0.5) is 5.69 Å². The normalized spacial score (nSPS) is 15.6. The number of para-hydroxylation sites is 1. The van der Waals surface area contributed by atoms with Gasteiger partial charge in [0.1, 0.15) is 12.2 Å². The van der Waals surface area contributed by atoms with Crippen molar-refractivity contribution in [2.45, 2.75) is 38.6 Å². The summed E-state index contributed by atoms with van der Waals surface area (Å²) in [6.07, 6.45) is 5.24. The molecule has 0 fully saturated rings. The minimum atomic E-state index is -0.470. The third-order valence-corrected chi connectivity index (χ3v) is 5.77. The summed E-state index contributed by atoms with van der Waals surface area (Å²) in [5, 5.41) is 6.38. The minimum absolute atomic E-state index is 0.0313. The van der Waals surface area contributed by atoms with Gasteiger partial charge >= 0.3 is 0 Å². The fraction of sp³-hybridized carbons (Fsp3) is 0.320. The van der Waals surface area contributed by atoms with E-state index in [2.05, 4.69) is 15.6 Å². The SMILES string of the molecule is CCOCC(=O)NC1CCCCc2ccc(NC(=O)c3c[nH]c4ccccc4c3=O)cc21. The van der Waals surface area contributed by atoms with Gasteiger partial charge in [-0.3, -0.25) is 14.4 Å². The molecule has 1 aromatic heterocycles. The third kappa shape index (κ3) is 4.73. The predicted molar refractivity (Wildman–Crippen MR) is 124 cm³/mol. The van der Waals surface area contributed by atoms with Gasteiger partial charge in [0.05, 0.1) is 6.04 Å². The summed E-state index contributed by atoms with van der Waals surface area (Å²) >= 11 is 0. The molecule has 0 radical (unpaired) electrons. The van der Waals surface area contributed by atoms with Crippen LogP contribution >= 0.6 is 0 Å². The van der Waals surface area contributed by atoms with Crippen LogP contribution in [0.2, 0.25) is 0 Å². The van der Waals surface area contributed by atoms with Crippen molar-refractivity contribution in [1.82, 2.24) is 10.3 Å². The number of H-pyrrole nitrogens is 1. The molecule has 0 saturated carbocycles. The molecule has 0 aliphatic heterocycles. The number of hydrogen-bond acceptors (Lipinski definition) is 4. The van der Waals surface area contributed by atoms with E-state index >= 15 is 0 Å². The number of aromatic nitrogens is 1. The lowest BCUT2D eigenvalue weighted by Crippen LogP contribution is -2.32. The van der Waals surface area contributed by atoms with Crippen molar-refractivity contribution in [2.24, 2.45) is 0 Å². The molecule has 0 spiro atoms. The highest BCUT2D eigenvalue weighted by atomic mass is 16.5. The zero-order chi connectivity index (χ0) is 22.5. The first-order valence-corrected chi connectivity index (χ1v) is 11.0. The van der Waals surface area contributed by atoms with Gasteiger partial charge in [-0.15, -0.1) is 0 Å². The Morgan fingerprint density at radius 2 is 2.00 bits per heavy atom. The molecule has 4 rings (SSSR count). The van der Waals surface area contributed by atoms with Gasteiger partial charge in [-0.1, -0.05) is 24.6 Å². The number of fused-ring (bicyclic) bond motifs is 2. The molecule has 1 aliphatic carbocycles. The second kappa shape index (κ2) is 9.78. The summed E-state index contributed by atoms with van der Waals surface area (Å²) in [4.78, 5) is 40.9. The fourth-order valence-corrected chi connectivity index (χ4v) is 4.16. The Bertz CT molecular complexity index is 1200. The standard InChI is InChI=1S/C25H27N3O4/c1-2-32-15-23(29)28-22-10-5-3-7-16-11-12-17(13-19(16)22)27-25(31)20-14-26-21-9-6-4-8-18(21)24(20)30/h4,6,8-9,11-14,22H,2-3,5,7,10,15H2,1H3,(H,26,30)(H,27,31)(H,28,29). The van der Waals surface area contributed by atoms with Gasteiger partial charge in [-0.2, -0.15) is 0 Å². The Morgan fingerprint density at radius 1 is 1.16 bits per heavy atom. The summed E-state index contributed by atoms with van der Waals surface area (Å²) in [5.41, 5.74) is 3.17. The van der Waals surface area contributed by atoms with Gasteiger partial charge in [0, 0.05) is 29.4 Å². The minimum Gasteiger partial charge on any atom is -0.372 e. The zero-order valence-electron chi connectivity index (χ0n) is 18.1. The molecule has 3 N–H and O–H groups in total. The van der Waals surface area contributed by atoms with Crippen LogP contribution in [0.5, 0.6) is 0 Å². The quantitative estimate of drug-likeness (QED) is 0.516. The van der Waals surface area contributed by atoms with E-state index in [0.717, 1.165) is 36.8 Å². The van der Waals surface area contributed by atoms with Crippen LogP contribution in [0.15, 0.2) is 53.5 Å². The van der Waals surface area contributed by atoms with E-state index in [1.807, 2.05) is 31.2 Å². The van der Waals surface area contributed by atoms with Crippen LogP contribution < -0.4 is 16.1 Å². The van der Waals surface area contributed by atoms with Crippen LogP contribution in [0, 0.1) is 0 Å². The van der Waals surface area contributed by atoms with Gasteiger partial charge in [-0.25, -0.2) is 0 Å². The van der Waals surface area contributed by atoms with Crippen molar-refractivity contribution in [3.8, 4) is 0 Å². The highest BCUT2D eigenvalue weighted by molar-refractivity contribution is 6.05. The number of amides is 2. The molecule has 7 heteroatoms. The molecule has 1 unspecified atom stereocenters. The Hall–Kier alpha value is -3.45. The zero-order valence-corrected chi connectivity index (χ0v) is 18.1. The number of aromatic amines is 1. The molecule has 0 saturated heterocycles. The molecule has 2 amide bonds. The van der Waals surface area contributed by atoms with Gasteiger partial charge in [0.25, 0.3) is 5.91 Å². The molecular weight excluding hydrogens is 406 g/mol. The van der Waals surface area contributed by atoms with Crippen LogP contribution in [-0.2, 0) is 16.0 Å². The van der Waals surface area contributed by atoms with Gasteiger partial charge < -0.3 is 20.4 Å². The van der Waals surface area contributed by atoms with Crippen LogP contribution in [-0.4, -0.2) is 30.0 Å². The van der Waals surface area contributed by atoms with Gasteiger partial charge in [-0.05, 0) is 61.6 Å². The predicted octanol–water partition coefficient (Wildman–Crippen LogP) is 3.70. The number of carbonyl (C=O) groups excluding carboxylic acids is 2. The highest BCUT2D eigenvalue weighted by Gasteiger charge is 2.22. The fourth-order valence-electron chi connectivity index (χ4n) is 4.16. The number of anilines is 1. The van der Waals surface area contributed by atoms with E-state index in [1.165, 1.54) is 6.20 Å². The monoisotopic (exact) mass is 433 g/mol. The van der Waals surface area contributed by atoms with Crippen molar-refractivity contribution in [1.29, 1.82) is 0 Å². The first kappa shape index (κ1) is 21.8. The number of pyridine rings is 1. The van der Waals surface area contributed by atoms with Crippen molar-refractivity contribution in [3.63, 3.8) is 0 Å². The molecule has 1 aliphatic rings. The van der Waals surface area contributed by atoms with Crippen molar-refractivity contribution >= 4 is 28.4 Å². The van der Waals surface area contributed by atoms with E-state index in [1.54, 1.807) is 18.2 Å². The van der Waals surface area contributed by atoms with E-state index in [4.69, 9.17) is 4.74 Å². The number of hydrogen-bond donors (Lipinski definition) is 3. The lowest BCUT2D eigenvalue weighted by molar-refractivity contribution is -0.126. The maximum Gasteiger partial charge on any atom is 0.261 e. The Balaban J connectivity index is 1.58. The van der Waals surface area contributed by atoms with E-state index < -0.39 is 5.91 Å². The van der Waals surface area contributed by atoms with Crippen LogP contribution in [0.3, 0.4) is 0 Å². The number of nitrogens with one attached hydrogen (secondary N) is 3. The maximum atomic E-state index is 12.9. The van der Waals surface area contributed by atoms with Gasteiger partial charge in [0.15, 0.2) is 0 Å². The summed E-state index contributed by atoms with van der Waals surface area (Å²) in [7, 11) is 0. The number of carbonyl (C=O) groups is 2. The summed E-state index contributed by atoms with van der Waals surface area (Å²) in [6, 6.07) is 12.7. The molecule has 3 aromatic rings. The van der Waals surface area contributed by atoms with Crippen molar-refractivity contribution in [2.75, 3.05) is 18.5 Å². The van der Waals surface area contributed by atoms with Crippen LogP contribution in [0.25, 0.3) is 10.9 Å². The van der Waals surface area contributed by atoms with Crippen molar-refractivity contribution in [3.05, 3.63) is 75.6 Å². The first-order chi connectivity index (χ1) is 15.6. The van der Waals surface area contributed by atoms with Gasteiger partial charge in [0.2, 0.25) is 11.3 Å². The molecular formula is C25H27N3O4. The average Bonchev–Trinajstić information content (AvgIpc) is 3.00. The number of rotatable bonds is 6. The van der Waals surface area contributed by atoms with Crippen molar-refractivity contribution < 1.29 is 14.3 Å². The number of benzene rings is 2. The third-order valence-electron chi connectivity index (χ3n) is 5.77. The molecule has 7 nitrogen and oxygen atoms in total. The Kier molecular flexibility index (Phi) is 6.66. The smallest absolute Gasteiger partial charge is 0.261 e. The van der Waals surface area contributed by atoms with E-state index in [9.17, 15) is 14.4 Å². The first-order valence-electron chi connectivity index (χ1n) is 11.0. The highest BCUT2D eigenvalue weighted by Crippen LogP contribution is 2.31. The topological polar surface area (TPSA) is 100 Å². The van der Waals surface area contributed by atoms with E-state index in [0.29, 0.717) is 23.2 Å². The lowest BCUT2D eigenvalue weighted by Gasteiger charge is -2.20. The molecule has 32 heavy (non-hydrogen) atoms. The number of aryl methyl sites for hydroxylation is 1. The summed E-state index contributed by atoms with van der Waals surface area (Å²) in [6.45, 7) is 2.37.